The van der Waals surface area contributed by atoms with Gasteiger partial charge in [0.25, 0.3) is 0 Å². The van der Waals surface area contributed by atoms with Gasteiger partial charge in [0, 0.05) is 19.3 Å². The van der Waals surface area contributed by atoms with E-state index in [9.17, 15) is 0 Å². The third-order valence-electron chi connectivity index (χ3n) is 2.75. The van der Waals surface area contributed by atoms with Gasteiger partial charge in [-0.1, -0.05) is 27.2 Å². The van der Waals surface area contributed by atoms with Crippen molar-refractivity contribution in [2.75, 3.05) is 20.3 Å². The molecular formula is C12H27NO. The number of ether oxygens (including phenoxy) is 1. The van der Waals surface area contributed by atoms with Gasteiger partial charge in [-0.3, -0.25) is 0 Å². The van der Waals surface area contributed by atoms with Gasteiger partial charge in [-0.05, 0) is 32.2 Å². The van der Waals surface area contributed by atoms with E-state index in [1.54, 1.807) is 0 Å². The van der Waals surface area contributed by atoms with Crippen LogP contribution in [0.15, 0.2) is 0 Å². The van der Waals surface area contributed by atoms with E-state index >= 15 is 0 Å². The number of rotatable bonds is 9. The topological polar surface area (TPSA) is 21.3 Å². The van der Waals surface area contributed by atoms with E-state index in [4.69, 9.17) is 4.74 Å². The summed E-state index contributed by atoms with van der Waals surface area (Å²) < 4.78 is 5.49. The average molecular weight is 201 g/mol. The van der Waals surface area contributed by atoms with Gasteiger partial charge < -0.3 is 10.1 Å². The smallest absolute Gasteiger partial charge is 0.0480 e. The lowest BCUT2D eigenvalue weighted by Gasteiger charge is -2.19. The fourth-order valence-electron chi connectivity index (χ4n) is 1.50. The van der Waals surface area contributed by atoms with E-state index in [1.165, 1.54) is 12.8 Å². The fraction of sp³-hybridized carbons (Fsp3) is 1.00. The average Bonchev–Trinajstić information content (AvgIpc) is 2.22. The van der Waals surface area contributed by atoms with Gasteiger partial charge in [0.15, 0.2) is 0 Å². The summed E-state index contributed by atoms with van der Waals surface area (Å²) in [4.78, 5) is 0. The first-order valence-corrected chi connectivity index (χ1v) is 5.99. The molecule has 2 nitrogen and oxygen atoms in total. The number of hydrogen-bond acceptors (Lipinski definition) is 2. The summed E-state index contributed by atoms with van der Waals surface area (Å²) in [5, 5.41) is 3.36. The van der Waals surface area contributed by atoms with Crippen LogP contribution < -0.4 is 5.32 Å². The highest BCUT2D eigenvalue weighted by Gasteiger charge is 2.09. The minimum Gasteiger partial charge on any atom is -0.381 e. The molecule has 0 aromatic heterocycles. The van der Waals surface area contributed by atoms with E-state index in [1.807, 2.05) is 7.05 Å². The van der Waals surface area contributed by atoms with Gasteiger partial charge in [-0.2, -0.15) is 0 Å². The van der Waals surface area contributed by atoms with Crippen molar-refractivity contribution in [2.24, 2.45) is 5.92 Å². The standard InChI is InChI=1S/C12H27NO/c1-5-8-14-9-7-12(13-4)10-11(3)6-2/h11-13H,5-10H2,1-4H3. The molecule has 0 fully saturated rings. The Labute approximate surface area is 89.4 Å². The van der Waals surface area contributed by atoms with Crippen molar-refractivity contribution >= 4 is 0 Å². The monoisotopic (exact) mass is 201 g/mol. The van der Waals surface area contributed by atoms with Crippen LogP contribution in [-0.4, -0.2) is 26.3 Å². The van der Waals surface area contributed by atoms with Crippen LogP contribution >= 0.6 is 0 Å². The van der Waals surface area contributed by atoms with E-state index in [2.05, 4.69) is 26.1 Å². The lowest BCUT2D eigenvalue weighted by Crippen LogP contribution is -2.28. The first-order valence-electron chi connectivity index (χ1n) is 5.99. The van der Waals surface area contributed by atoms with Crippen LogP contribution in [0.2, 0.25) is 0 Å². The summed E-state index contributed by atoms with van der Waals surface area (Å²) in [5.41, 5.74) is 0. The molecule has 0 saturated heterocycles. The SMILES string of the molecule is CCCOCCC(CC(C)CC)NC. The van der Waals surface area contributed by atoms with Crippen molar-refractivity contribution < 1.29 is 4.74 Å². The van der Waals surface area contributed by atoms with Crippen molar-refractivity contribution in [1.82, 2.24) is 5.32 Å². The zero-order valence-corrected chi connectivity index (χ0v) is 10.3. The van der Waals surface area contributed by atoms with Gasteiger partial charge in [-0.25, -0.2) is 0 Å². The van der Waals surface area contributed by atoms with Crippen LogP contribution in [0.4, 0.5) is 0 Å². The molecule has 0 radical (unpaired) electrons. The molecule has 86 valence electrons. The quantitative estimate of drug-likeness (QED) is 0.579. The van der Waals surface area contributed by atoms with Crippen molar-refractivity contribution in [3.63, 3.8) is 0 Å². The Hall–Kier alpha value is -0.0800. The summed E-state index contributed by atoms with van der Waals surface area (Å²) in [6.45, 7) is 8.52. The Kier molecular flexibility index (Phi) is 9.42. The van der Waals surface area contributed by atoms with Crippen LogP contribution in [-0.2, 0) is 4.74 Å². The van der Waals surface area contributed by atoms with E-state index in [0.717, 1.165) is 32.0 Å². The molecule has 1 N–H and O–H groups in total. The molecule has 0 aliphatic rings. The lowest BCUT2D eigenvalue weighted by atomic mass is 9.98. The third-order valence-corrected chi connectivity index (χ3v) is 2.75. The highest BCUT2D eigenvalue weighted by Crippen LogP contribution is 2.11. The molecule has 0 aliphatic heterocycles. The minimum absolute atomic E-state index is 0.627. The van der Waals surface area contributed by atoms with Crippen LogP contribution in [0.25, 0.3) is 0 Å². The largest absolute Gasteiger partial charge is 0.381 e. The van der Waals surface area contributed by atoms with Crippen molar-refractivity contribution in [2.45, 2.75) is 52.5 Å². The molecule has 2 unspecified atom stereocenters. The zero-order valence-electron chi connectivity index (χ0n) is 10.3. The molecule has 0 heterocycles. The summed E-state index contributed by atoms with van der Waals surface area (Å²) in [7, 11) is 2.05. The van der Waals surface area contributed by atoms with Gasteiger partial charge in [0.1, 0.15) is 0 Å². The summed E-state index contributed by atoms with van der Waals surface area (Å²) >= 11 is 0. The van der Waals surface area contributed by atoms with E-state index in [-0.39, 0.29) is 0 Å². The lowest BCUT2D eigenvalue weighted by molar-refractivity contribution is 0.122. The van der Waals surface area contributed by atoms with Crippen LogP contribution in [0.5, 0.6) is 0 Å². The zero-order chi connectivity index (χ0) is 10.8. The summed E-state index contributed by atoms with van der Waals surface area (Å²) in [6.07, 6.45) is 4.80. The molecular weight excluding hydrogens is 174 g/mol. The maximum absolute atomic E-state index is 5.49. The molecule has 0 bridgehead atoms. The van der Waals surface area contributed by atoms with Crippen molar-refractivity contribution in [3.8, 4) is 0 Å². The van der Waals surface area contributed by atoms with Gasteiger partial charge in [-0.15, -0.1) is 0 Å². The maximum Gasteiger partial charge on any atom is 0.0480 e. The molecule has 0 aliphatic carbocycles. The molecule has 0 saturated carbocycles. The highest BCUT2D eigenvalue weighted by atomic mass is 16.5. The maximum atomic E-state index is 5.49. The third kappa shape index (κ3) is 7.34. The molecule has 2 heteroatoms. The van der Waals surface area contributed by atoms with Gasteiger partial charge in [0.2, 0.25) is 0 Å². The molecule has 0 amide bonds. The molecule has 0 aromatic rings. The summed E-state index contributed by atoms with van der Waals surface area (Å²) in [6, 6.07) is 0.627. The van der Waals surface area contributed by atoms with Gasteiger partial charge >= 0.3 is 0 Å². The first-order chi connectivity index (χ1) is 6.74. The molecule has 0 spiro atoms. The fourth-order valence-corrected chi connectivity index (χ4v) is 1.50. The van der Waals surface area contributed by atoms with Crippen molar-refractivity contribution in [3.05, 3.63) is 0 Å². The molecule has 0 rings (SSSR count). The predicted octanol–water partition coefficient (Wildman–Crippen LogP) is 2.83. The number of nitrogens with one attached hydrogen (secondary N) is 1. The van der Waals surface area contributed by atoms with E-state index in [0.29, 0.717) is 6.04 Å². The number of hydrogen-bond donors (Lipinski definition) is 1. The second kappa shape index (κ2) is 9.47. The van der Waals surface area contributed by atoms with Crippen LogP contribution in [0, 0.1) is 5.92 Å². The Morgan fingerprint density at radius 2 is 1.93 bits per heavy atom. The molecule has 14 heavy (non-hydrogen) atoms. The second-order valence-electron chi connectivity index (χ2n) is 4.14. The predicted molar refractivity (Wildman–Crippen MR) is 62.6 cm³/mol. The van der Waals surface area contributed by atoms with Crippen molar-refractivity contribution in [1.29, 1.82) is 0 Å². The van der Waals surface area contributed by atoms with Gasteiger partial charge in [0.05, 0.1) is 0 Å². The second-order valence-corrected chi connectivity index (χ2v) is 4.14. The Morgan fingerprint density at radius 1 is 1.21 bits per heavy atom. The molecule has 2 atom stereocenters. The first kappa shape index (κ1) is 13.9. The molecule has 0 aromatic carbocycles. The minimum atomic E-state index is 0.627. The Morgan fingerprint density at radius 3 is 2.43 bits per heavy atom. The van der Waals surface area contributed by atoms with Crippen LogP contribution in [0.3, 0.4) is 0 Å². The Balaban J connectivity index is 3.47. The Bertz CT molecular complexity index is 117. The van der Waals surface area contributed by atoms with E-state index < -0.39 is 0 Å². The highest BCUT2D eigenvalue weighted by molar-refractivity contribution is 4.67. The summed E-state index contributed by atoms with van der Waals surface area (Å²) in [5.74, 6) is 0.818. The normalized spacial score (nSPS) is 15.4. The van der Waals surface area contributed by atoms with Crippen LogP contribution in [0.1, 0.15) is 46.5 Å².